The molecule has 2 N–H and O–H groups in total. The smallest absolute Gasteiger partial charge is 0.410 e. The average Bonchev–Trinajstić information content (AvgIpc) is 3.60. The van der Waals surface area contributed by atoms with Gasteiger partial charge in [0.2, 0.25) is 11.8 Å². The Morgan fingerprint density at radius 2 is 1.73 bits per heavy atom. The van der Waals surface area contributed by atoms with Crippen LogP contribution in [0.4, 0.5) is 18.4 Å². The van der Waals surface area contributed by atoms with Crippen molar-refractivity contribution in [3.8, 4) is 5.75 Å². The number of benzene rings is 2. The lowest BCUT2D eigenvalue weighted by Crippen LogP contribution is -2.60. The van der Waals surface area contributed by atoms with Crippen LogP contribution < -0.4 is 15.4 Å². The highest BCUT2D eigenvalue weighted by molar-refractivity contribution is 5.92. The monoisotopic (exact) mass is 629 g/mol. The van der Waals surface area contributed by atoms with Crippen molar-refractivity contribution in [3.63, 3.8) is 0 Å². The van der Waals surface area contributed by atoms with Crippen LogP contribution in [-0.2, 0) is 20.9 Å². The summed E-state index contributed by atoms with van der Waals surface area (Å²) in [7, 11) is 2.95. The Labute approximate surface area is 261 Å². The van der Waals surface area contributed by atoms with Gasteiger partial charge in [0.25, 0.3) is 0 Å². The van der Waals surface area contributed by atoms with Crippen LogP contribution in [-0.4, -0.2) is 96.1 Å². The molecule has 5 amide bonds. The van der Waals surface area contributed by atoms with Gasteiger partial charge in [-0.3, -0.25) is 14.5 Å². The summed E-state index contributed by atoms with van der Waals surface area (Å²) in [6.45, 7) is 7.41. The van der Waals surface area contributed by atoms with Gasteiger partial charge in [0.05, 0.1) is 18.6 Å². The lowest BCUT2D eigenvalue weighted by atomic mass is 9.85. The molecule has 0 aromatic heterocycles. The first-order chi connectivity index (χ1) is 21.2. The van der Waals surface area contributed by atoms with E-state index in [1.807, 2.05) is 51.1 Å². The second-order valence-corrected chi connectivity index (χ2v) is 12.5. The molecule has 0 unspecified atom stereocenters. The standard InChI is InChI=1S/C32H41F2N5O6/c1-19(37(6)31(43)44-18-20-10-8-7-9-11-20)28(40)36-27(32(2,3)4)29(41)38-15-14-24-26(38)25(17-39(24)30(42)35-5)45-21-12-13-22(33)23(34)16-21/h7-13,16,19,24-27H,14-15,17-18H2,1-6H3,(H,35,42)(H,36,40)/t19-,24+,25-,26-,27+/m0/s1. The first-order valence-corrected chi connectivity index (χ1v) is 14.9. The summed E-state index contributed by atoms with van der Waals surface area (Å²) < 4.78 is 39.0. The van der Waals surface area contributed by atoms with E-state index < -0.39 is 59.3 Å². The molecule has 2 aromatic carbocycles. The topological polar surface area (TPSA) is 121 Å². The summed E-state index contributed by atoms with van der Waals surface area (Å²) in [6, 6.07) is 8.98. The summed E-state index contributed by atoms with van der Waals surface area (Å²) in [5.41, 5.74) is 0.0549. The van der Waals surface area contributed by atoms with Gasteiger partial charge in [-0.15, -0.1) is 0 Å². The number of rotatable bonds is 8. The summed E-state index contributed by atoms with van der Waals surface area (Å²) in [6.07, 6.45) is -0.983. The molecule has 5 atom stereocenters. The molecule has 4 rings (SSSR count). The van der Waals surface area contributed by atoms with Crippen molar-refractivity contribution in [1.29, 1.82) is 0 Å². The first-order valence-electron chi connectivity index (χ1n) is 14.9. The van der Waals surface area contributed by atoms with Gasteiger partial charge < -0.3 is 29.9 Å². The molecule has 0 radical (unpaired) electrons. The van der Waals surface area contributed by atoms with E-state index in [0.717, 1.165) is 22.6 Å². The second kappa shape index (κ2) is 13.7. The Bertz CT molecular complexity index is 1400. The van der Waals surface area contributed by atoms with E-state index in [1.54, 1.807) is 16.7 Å². The quantitative estimate of drug-likeness (QED) is 0.461. The zero-order chi connectivity index (χ0) is 33.1. The predicted molar refractivity (Wildman–Crippen MR) is 161 cm³/mol. The van der Waals surface area contributed by atoms with Gasteiger partial charge in [0.15, 0.2) is 11.6 Å². The van der Waals surface area contributed by atoms with Gasteiger partial charge in [0, 0.05) is 26.7 Å². The van der Waals surface area contributed by atoms with E-state index in [2.05, 4.69) is 10.6 Å². The van der Waals surface area contributed by atoms with E-state index in [9.17, 15) is 28.0 Å². The van der Waals surface area contributed by atoms with Crippen molar-refractivity contribution >= 4 is 23.9 Å². The molecule has 0 bridgehead atoms. The average molecular weight is 630 g/mol. The van der Waals surface area contributed by atoms with Gasteiger partial charge in [-0.05, 0) is 36.5 Å². The molecule has 13 heteroatoms. The van der Waals surface area contributed by atoms with E-state index in [0.29, 0.717) is 6.42 Å². The van der Waals surface area contributed by atoms with Gasteiger partial charge in [-0.1, -0.05) is 51.1 Å². The van der Waals surface area contributed by atoms with Crippen molar-refractivity contribution in [2.45, 2.75) is 71.0 Å². The van der Waals surface area contributed by atoms with Gasteiger partial charge in [-0.25, -0.2) is 18.4 Å². The highest BCUT2D eigenvalue weighted by Crippen LogP contribution is 2.36. The molecule has 2 fully saturated rings. The number of fused-ring (bicyclic) bond motifs is 1. The number of hydrogen-bond donors (Lipinski definition) is 2. The molecule has 0 spiro atoms. The maximum Gasteiger partial charge on any atom is 0.410 e. The molecule has 2 aromatic rings. The number of nitrogens with one attached hydrogen (secondary N) is 2. The Morgan fingerprint density at radius 3 is 2.36 bits per heavy atom. The van der Waals surface area contributed by atoms with Crippen LogP contribution in [0.1, 0.15) is 39.7 Å². The number of halogens is 2. The first kappa shape index (κ1) is 33.5. The summed E-state index contributed by atoms with van der Waals surface area (Å²) in [5.74, 6) is -2.98. The van der Waals surface area contributed by atoms with E-state index in [1.165, 1.54) is 20.2 Å². The van der Waals surface area contributed by atoms with Crippen molar-refractivity contribution in [1.82, 2.24) is 25.3 Å². The molecule has 2 saturated heterocycles. The van der Waals surface area contributed by atoms with Gasteiger partial charge >= 0.3 is 12.1 Å². The van der Waals surface area contributed by atoms with Gasteiger partial charge in [-0.2, -0.15) is 0 Å². The van der Waals surface area contributed by atoms with E-state index >= 15 is 0 Å². The lowest BCUT2D eigenvalue weighted by molar-refractivity contribution is -0.142. The number of likely N-dealkylation sites (N-methyl/N-ethyl adjacent to an activating group) is 1. The predicted octanol–water partition coefficient (Wildman–Crippen LogP) is 3.52. The molecular formula is C32H41F2N5O6. The van der Waals surface area contributed by atoms with Crippen LogP contribution in [0.5, 0.6) is 5.75 Å². The van der Waals surface area contributed by atoms with Gasteiger partial charge in [0.1, 0.15) is 30.5 Å². The fraction of sp³-hybridized carbons (Fsp3) is 0.500. The van der Waals surface area contributed by atoms with Crippen LogP contribution in [0.15, 0.2) is 48.5 Å². The van der Waals surface area contributed by atoms with Crippen molar-refractivity contribution in [2.75, 3.05) is 27.2 Å². The number of amides is 5. The number of urea groups is 1. The third kappa shape index (κ3) is 7.46. The van der Waals surface area contributed by atoms with E-state index in [-0.39, 0.29) is 37.4 Å². The van der Waals surface area contributed by atoms with Crippen LogP contribution in [0.3, 0.4) is 0 Å². The number of hydrogen-bond acceptors (Lipinski definition) is 6. The molecule has 11 nitrogen and oxygen atoms in total. The number of ether oxygens (including phenoxy) is 2. The normalized spacial score (nSPS) is 20.6. The molecule has 0 aliphatic carbocycles. The molecule has 2 heterocycles. The zero-order valence-electron chi connectivity index (χ0n) is 26.4. The molecule has 2 aliphatic rings. The van der Waals surface area contributed by atoms with Crippen LogP contribution in [0, 0.1) is 17.0 Å². The Kier molecular flexibility index (Phi) is 10.2. The minimum absolute atomic E-state index is 0.0415. The molecule has 45 heavy (non-hydrogen) atoms. The summed E-state index contributed by atoms with van der Waals surface area (Å²) in [5, 5.41) is 5.45. The van der Waals surface area contributed by atoms with Crippen LogP contribution in [0.2, 0.25) is 0 Å². The minimum atomic E-state index is -1.08. The molecule has 244 valence electrons. The van der Waals surface area contributed by atoms with Crippen LogP contribution >= 0.6 is 0 Å². The maximum absolute atomic E-state index is 14.2. The number of carbonyl (C=O) groups is 4. The Balaban J connectivity index is 1.50. The molecule has 0 saturated carbocycles. The van der Waals surface area contributed by atoms with Crippen molar-refractivity contribution < 1.29 is 37.4 Å². The largest absolute Gasteiger partial charge is 0.486 e. The van der Waals surface area contributed by atoms with Crippen molar-refractivity contribution in [2.24, 2.45) is 5.41 Å². The Morgan fingerprint density at radius 1 is 1.04 bits per heavy atom. The minimum Gasteiger partial charge on any atom is -0.486 e. The second-order valence-electron chi connectivity index (χ2n) is 12.5. The summed E-state index contributed by atoms with van der Waals surface area (Å²) >= 11 is 0. The zero-order valence-corrected chi connectivity index (χ0v) is 26.4. The molecule has 2 aliphatic heterocycles. The molecular weight excluding hydrogens is 588 g/mol. The van der Waals surface area contributed by atoms with Crippen molar-refractivity contribution in [3.05, 3.63) is 65.7 Å². The third-order valence-corrected chi connectivity index (χ3v) is 8.37. The van der Waals surface area contributed by atoms with Crippen LogP contribution in [0.25, 0.3) is 0 Å². The van der Waals surface area contributed by atoms with E-state index in [4.69, 9.17) is 9.47 Å². The fourth-order valence-electron chi connectivity index (χ4n) is 5.72. The number of carbonyl (C=O) groups excluding carboxylic acids is 4. The highest BCUT2D eigenvalue weighted by atomic mass is 19.2. The third-order valence-electron chi connectivity index (χ3n) is 8.37. The SMILES string of the molecule is CNC(=O)N1C[C@H](Oc2ccc(F)c(F)c2)[C@@H]2[C@H]1CCN2C(=O)[C@@H](NC(=O)[C@H](C)N(C)C(=O)OCc1ccccc1)C(C)(C)C. The maximum atomic E-state index is 14.2. The number of nitrogens with zero attached hydrogens (tertiary/aromatic N) is 3. The summed E-state index contributed by atoms with van der Waals surface area (Å²) in [4.78, 5) is 57.4. The fourth-order valence-corrected chi connectivity index (χ4v) is 5.72. The highest BCUT2D eigenvalue weighted by Gasteiger charge is 2.54. The number of likely N-dealkylation sites (tertiary alicyclic amines) is 2. The Hall–Kier alpha value is -4.42. The lowest BCUT2D eigenvalue weighted by Gasteiger charge is -2.37.